The van der Waals surface area contributed by atoms with Gasteiger partial charge in [0.25, 0.3) is 0 Å². The Kier molecular flexibility index (Phi) is 1.75. The highest BCUT2D eigenvalue weighted by Crippen LogP contribution is 2.00. The first-order chi connectivity index (χ1) is 3.79. The lowest BCUT2D eigenvalue weighted by molar-refractivity contribution is 0.896. The Bertz CT molecular complexity index is 172. The molecule has 0 atom stereocenters. The molecule has 0 saturated carbocycles. The zero-order valence-corrected chi connectivity index (χ0v) is 5.66. The summed E-state index contributed by atoms with van der Waals surface area (Å²) in [6.07, 6.45) is 1.48. The third-order valence-electron chi connectivity index (χ3n) is 0.580. The molecule has 1 aromatic rings. The van der Waals surface area contributed by atoms with Crippen LogP contribution in [0.15, 0.2) is 16.4 Å². The van der Waals surface area contributed by atoms with E-state index in [1.54, 1.807) is 0 Å². The van der Waals surface area contributed by atoms with Crippen molar-refractivity contribution in [3.8, 4) is 0 Å². The topological polar surface area (TPSA) is 25.8 Å². The molecule has 2 nitrogen and oxygen atoms in total. The maximum absolute atomic E-state index is 3.90. The van der Waals surface area contributed by atoms with Crippen molar-refractivity contribution in [3.05, 3.63) is 12.3 Å². The number of thiol groups is 2. The SMILES string of the molecule is Sc1[c]cnc(S)n1. The van der Waals surface area contributed by atoms with E-state index in [1.807, 2.05) is 0 Å². The Labute approximate surface area is 58.2 Å². The smallest absolute Gasteiger partial charge is 0.185 e. The summed E-state index contributed by atoms with van der Waals surface area (Å²) in [5, 5.41) is 0.943. The standard InChI is InChI=1S/C4H3N2S2/c7-3-1-2-5-4(8)6-3/h2H,(H2,5,6,7,8). The van der Waals surface area contributed by atoms with E-state index in [0.29, 0.717) is 10.2 Å². The molecule has 0 aliphatic heterocycles. The summed E-state index contributed by atoms with van der Waals surface area (Å²) in [4.78, 5) is 7.42. The Morgan fingerprint density at radius 2 is 2.25 bits per heavy atom. The van der Waals surface area contributed by atoms with Crippen LogP contribution in [0.2, 0.25) is 0 Å². The molecule has 0 bridgehead atoms. The van der Waals surface area contributed by atoms with Crippen molar-refractivity contribution in [2.75, 3.05) is 0 Å². The Hall–Kier alpha value is -0.220. The molecule has 0 aromatic carbocycles. The molecule has 1 heterocycles. The van der Waals surface area contributed by atoms with Gasteiger partial charge in [0.1, 0.15) is 5.03 Å². The van der Waals surface area contributed by atoms with Gasteiger partial charge in [-0.25, -0.2) is 9.97 Å². The van der Waals surface area contributed by atoms with Crippen molar-refractivity contribution >= 4 is 25.3 Å². The number of rotatable bonds is 0. The summed E-state index contributed by atoms with van der Waals surface area (Å²) in [5.74, 6) is 0. The lowest BCUT2D eigenvalue weighted by atomic mass is 10.7. The first-order valence-electron chi connectivity index (χ1n) is 1.91. The predicted octanol–water partition coefficient (Wildman–Crippen LogP) is 0.854. The molecule has 8 heavy (non-hydrogen) atoms. The predicted molar refractivity (Wildman–Crippen MR) is 35.4 cm³/mol. The molecule has 0 aliphatic carbocycles. The van der Waals surface area contributed by atoms with Gasteiger partial charge in [-0.3, -0.25) is 0 Å². The number of hydrogen-bond donors (Lipinski definition) is 2. The molecule has 1 aromatic heterocycles. The average Bonchev–Trinajstić information content (AvgIpc) is 1.64. The van der Waals surface area contributed by atoms with Gasteiger partial charge in [0.2, 0.25) is 0 Å². The minimum atomic E-state index is 0.425. The van der Waals surface area contributed by atoms with E-state index in [1.165, 1.54) is 6.20 Å². The van der Waals surface area contributed by atoms with Gasteiger partial charge in [0.05, 0.1) is 0 Å². The summed E-state index contributed by atoms with van der Waals surface area (Å²) >= 11 is 7.76. The monoisotopic (exact) mass is 143 g/mol. The van der Waals surface area contributed by atoms with Crippen LogP contribution < -0.4 is 0 Å². The molecule has 0 spiro atoms. The summed E-state index contributed by atoms with van der Waals surface area (Å²) < 4.78 is 0. The molecule has 0 aliphatic rings. The van der Waals surface area contributed by atoms with E-state index in [2.05, 4.69) is 41.3 Å². The molecular weight excluding hydrogens is 140 g/mol. The first kappa shape index (κ1) is 5.91. The second-order valence-electron chi connectivity index (χ2n) is 1.14. The average molecular weight is 143 g/mol. The van der Waals surface area contributed by atoms with Gasteiger partial charge in [-0.05, 0) is 0 Å². The van der Waals surface area contributed by atoms with Crippen molar-refractivity contribution in [3.63, 3.8) is 0 Å². The molecule has 0 amide bonds. The molecule has 1 rings (SSSR count). The van der Waals surface area contributed by atoms with Crippen molar-refractivity contribution in [2.45, 2.75) is 10.2 Å². The van der Waals surface area contributed by atoms with Crippen LogP contribution in [0.4, 0.5) is 0 Å². The van der Waals surface area contributed by atoms with Crippen molar-refractivity contribution in [1.82, 2.24) is 9.97 Å². The minimum Gasteiger partial charge on any atom is -0.231 e. The number of nitrogens with zero attached hydrogens (tertiary/aromatic N) is 2. The maximum atomic E-state index is 3.90. The van der Waals surface area contributed by atoms with E-state index in [-0.39, 0.29) is 0 Å². The Balaban J connectivity index is 3.08. The zero-order chi connectivity index (χ0) is 5.98. The summed E-state index contributed by atoms with van der Waals surface area (Å²) in [6.45, 7) is 0. The van der Waals surface area contributed by atoms with Gasteiger partial charge < -0.3 is 0 Å². The van der Waals surface area contributed by atoms with Crippen molar-refractivity contribution < 1.29 is 0 Å². The highest BCUT2D eigenvalue weighted by Gasteiger charge is 1.86. The fourth-order valence-corrected chi connectivity index (χ4v) is 0.693. The molecule has 4 heteroatoms. The fourth-order valence-electron chi connectivity index (χ4n) is 0.304. The van der Waals surface area contributed by atoms with Gasteiger partial charge in [-0.15, -0.1) is 25.3 Å². The quantitative estimate of drug-likeness (QED) is 0.320. The van der Waals surface area contributed by atoms with Crippen LogP contribution in [0, 0.1) is 6.07 Å². The van der Waals surface area contributed by atoms with Gasteiger partial charge in [0, 0.05) is 12.3 Å². The molecule has 0 unspecified atom stereocenters. The Morgan fingerprint density at radius 1 is 1.50 bits per heavy atom. The summed E-state index contributed by atoms with van der Waals surface area (Å²) in [6, 6.07) is 2.67. The van der Waals surface area contributed by atoms with Crippen LogP contribution in [0.1, 0.15) is 0 Å². The van der Waals surface area contributed by atoms with Gasteiger partial charge >= 0.3 is 0 Å². The maximum Gasteiger partial charge on any atom is 0.185 e. The van der Waals surface area contributed by atoms with E-state index < -0.39 is 0 Å². The molecule has 0 N–H and O–H groups in total. The Morgan fingerprint density at radius 3 is 2.62 bits per heavy atom. The molecule has 41 valence electrons. The minimum absolute atomic E-state index is 0.425. The number of aromatic nitrogens is 2. The highest BCUT2D eigenvalue weighted by molar-refractivity contribution is 7.80. The second-order valence-corrected chi connectivity index (χ2v) is 1.96. The van der Waals surface area contributed by atoms with Gasteiger partial charge in [0.15, 0.2) is 5.16 Å². The van der Waals surface area contributed by atoms with Crippen LogP contribution in [0.3, 0.4) is 0 Å². The van der Waals surface area contributed by atoms with E-state index >= 15 is 0 Å². The number of hydrogen-bond acceptors (Lipinski definition) is 4. The first-order valence-corrected chi connectivity index (χ1v) is 2.81. The zero-order valence-electron chi connectivity index (χ0n) is 3.87. The molecule has 1 radical (unpaired) electrons. The summed E-state index contributed by atoms with van der Waals surface area (Å²) in [7, 11) is 0. The van der Waals surface area contributed by atoms with Crippen LogP contribution in [0.25, 0.3) is 0 Å². The third kappa shape index (κ3) is 1.38. The van der Waals surface area contributed by atoms with Crippen LogP contribution in [0.5, 0.6) is 0 Å². The van der Waals surface area contributed by atoms with Gasteiger partial charge in [-0.2, -0.15) is 0 Å². The fraction of sp³-hybridized carbons (Fsp3) is 0. The van der Waals surface area contributed by atoms with Crippen molar-refractivity contribution in [1.29, 1.82) is 0 Å². The van der Waals surface area contributed by atoms with E-state index in [4.69, 9.17) is 0 Å². The van der Waals surface area contributed by atoms with Crippen LogP contribution in [-0.4, -0.2) is 9.97 Å². The van der Waals surface area contributed by atoms with E-state index in [9.17, 15) is 0 Å². The van der Waals surface area contributed by atoms with Crippen LogP contribution in [-0.2, 0) is 0 Å². The van der Waals surface area contributed by atoms with Crippen LogP contribution >= 0.6 is 25.3 Å². The normalized spacial score (nSPS) is 9.25. The largest absolute Gasteiger partial charge is 0.231 e. The molecule has 0 saturated heterocycles. The van der Waals surface area contributed by atoms with Gasteiger partial charge in [-0.1, -0.05) is 0 Å². The second kappa shape index (κ2) is 2.37. The lowest BCUT2D eigenvalue weighted by Gasteiger charge is -1.86. The highest BCUT2D eigenvalue weighted by atomic mass is 32.1. The molecule has 0 fully saturated rings. The third-order valence-corrected chi connectivity index (χ3v) is 1.02. The van der Waals surface area contributed by atoms with Crippen molar-refractivity contribution in [2.24, 2.45) is 0 Å². The lowest BCUT2D eigenvalue weighted by Crippen LogP contribution is -1.80. The molecular formula is C4H3N2S2. The summed E-state index contributed by atoms with van der Waals surface area (Å²) in [5.41, 5.74) is 0. The van der Waals surface area contributed by atoms with E-state index in [0.717, 1.165) is 0 Å².